The quantitative estimate of drug-likeness (QED) is 0.795. The standard InChI is InChI=1S/C15H11F2NOS/c16-11-3-9(4-12(17)7-11)5-14(19)10-6-15-13(18-8-10)1-2-20-15/h1-4,6-8,14,19H,5H2. The van der Waals surface area contributed by atoms with Gasteiger partial charge < -0.3 is 5.11 Å². The normalized spacial score (nSPS) is 12.8. The second-order valence-corrected chi connectivity index (χ2v) is 5.52. The monoisotopic (exact) mass is 291 g/mol. The molecule has 0 aliphatic heterocycles. The van der Waals surface area contributed by atoms with Crippen LogP contribution in [0, 0.1) is 11.6 Å². The third-order valence-corrected chi connectivity index (χ3v) is 3.91. The highest BCUT2D eigenvalue weighted by atomic mass is 32.1. The lowest BCUT2D eigenvalue weighted by Crippen LogP contribution is -2.03. The van der Waals surface area contributed by atoms with Crippen molar-refractivity contribution in [3.63, 3.8) is 0 Å². The van der Waals surface area contributed by atoms with Crippen LogP contribution in [-0.4, -0.2) is 10.1 Å². The van der Waals surface area contributed by atoms with Crippen LogP contribution in [0.5, 0.6) is 0 Å². The number of aromatic nitrogens is 1. The molecule has 0 fully saturated rings. The summed E-state index contributed by atoms with van der Waals surface area (Å²) in [6, 6.07) is 7.02. The van der Waals surface area contributed by atoms with Crippen molar-refractivity contribution < 1.29 is 13.9 Å². The molecule has 0 aliphatic rings. The second-order valence-electron chi connectivity index (χ2n) is 4.57. The maximum atomic E-state index is 13.1. The fourth-order valence-electron chi connectivity index (χ4n) is 2.11. The second kappa shape index (κ2) is 5.26. The Bertz CT molecular complexity index is 736. The van der Waals surface area contributed by atoms with Crippen LogP contribution in [0.1, 0.15) is 17.2 Å². The minimum absolute atomic E-state index is 0.146. The maximum absolute atomic E-state index is 13.1. The predicted molar refractivity (Wildman–Crippen MR) is 74.6 cm³/mol. The van der Waals surface area contributed by atoms with Crippen LogP contribution in [0.4, 0.5) is 8.78 Å². The van der Waals surface area contributed by atoms with Crippen LogP contribution in [0.2, 0.25) is 0 Å². The molecule has 1 aromatic carbocycles. The van der Waals surface area contributed by atoms with E-state index < -0.39 is 17.7 Å². The first kappa shape index (κ1) is 13.1. The summed E-state index contributed by atoms with van der Waals surface area (Å²) in [4.78, 5) is 4.24. The molecule has 1 unspecified atom stereocenters. The molecule has 2 heterocycles. The zero-order valence-electron chi connectivity index (χ0n) is 10.4. The molecular weight excluding hydrogens is 280 g/mol. The molecule has 1 N–H and O–H groups in total. The number of pyridine rings is 1. The lowest BCUT2D eigenvalue weighted by atomic mass is 10.0. The number of halogens is 2. The average Bonchev–Trinajstić information content (AvgIpc) is 2.84. The molecule has 0 saturated heterocycles. The van der Waals surface area contributed by atoms with Gasteiger partial charge in [0.1, 0.15) is 11.6 Å². The molecule has 0 bridgehead atoms. The van der Waals surface area contributed by atoms with Crippen molar-refractivity contribution in [1.29, 1.82) is 0 Å². The van der Waals surface area contributed by atoms with E-state index in [1.807, 2.05) is 17.5 Å². The molecule has 0 radical (unpaired) electrons. The Morgan fingerprint density at radius 2 is 1.90 bits per heavy atom. The number of hydrogen-bond acceptors (Lipinski definition) is 3. The van der Waals surface area contributed by atoms with Crippen LogP contribution in [0.15, 0.2) is 41.9 Å². The molecule has 3 rings (SSSR count). The van der Waals surface area contributed by atoms with E-state index in [-0.39, 0.29) is 6.42 Å². The zero-order chi connectivity index (χ0) is 14.1. The van der Waals surface area contributed by atoms with E-state index in [2.05, 4.69) is 4.98 Å². The number of benzene rings is 1. The summed E-state index contributed by atoms with van der Waals surface area (Å²) < 4.78 is 27.2. The fraction of sp³-hybridized carbons (Fsp3) is 0.133. The first-order valence-electron chi connectivity index (χ1n) is 6.08. The Hall–Kier alpha value is -1.85. The van der Waals surface area contributed by atoms with Crippen LogP contribution in [0.3, 0.4) is 0 Å². The summed E-state index contributed by atoms with van der Waals surface area (Å²) in [7, 11) is 0. The molecule has 20 heavy (non-hydrogen) atoms. The lowest BCUT2D eigenvalue weighted by molar-refractivity contribution is 0.178. The van der Waals surface area contributed by atoms with Gasteiger partial charge in [-0.3, -0.25) is 4.98 Å². The zero-order valence-corrected chi connectivity index (χ0v) is 11.2. The summed E-state index contributed by atoms with van der Waals surface area (Å²) in [5.74, 6) is -1.28. The smallest absolute Gasteiger partial charge is 0.126 e. The van der Waals surface area contributed by atoms with Gasteiger partial charge in [0, 0.05) is 24.2 Å². The maximum Gasteiger partial charge on any atom is 0.126 e. The minimum atomic E-state index is -0.838. The topological polar surface area (TPSA) is 33.1 Å². The van der Waals surface area contributed by atoms with Crippen molar-refractivity contribution in [2.75, 3.05) is 0 Å². The first-order valence-corrected chi connectivity index (χ1v) is 6.96. The number of hydrogen-bond donors (Lipinski definition) is 1. The summed E-state index contributed by atoms with van der Waals surface area (Å²) in [6.07, 6.45) is 0.901. The Morgan fingerprint density at radius 3 is 2.65 bits per heavy atom. The van der Waals surface area contributed by atoms with E-state index in [4.69, 9.17) is 0 Å². The van der Waals surface area contributed by atoms with E-state index in [1.54, 1.807) is 6.20 Å². The van der Waals surface area contributed by atoms with Crippen LogP contribution >= 0.6 is 11.3 Å². The third-order valence-electron chi connectivity index (χ3n) is 3.06. The number of thiophene rings is 1. The minimum Gasteiger partial charge on any atom is -0.388 e. The van der Waals surface area contributed by atoms with Gasteiger partial charge in [-0.25, -0.2) is 8.78 Å². The van der Waals surface area contributed by atoms with Gasteiger partial charge >= 0.3 is 0 Å². The van der Waals surface area contributed by atoms with Gasteiger partial charge in [0.25, 0.3) is 0 Å². The molecule has 2 nitrogen and oxygen atoms in total. The van der Waals surface area contributed by atoms with E-state index >= 15 is 0 Å². The molecule has 1 atom stereocenters. The van der Waals surface area contributed by atoms with Gasteiger partial charge in [0.2, 0.25) is 0 Å². The Balaban J connectivity index is 1.86. The Kier molecular flexibility index (Phi) is 3.46. The molecular formula is C15H11F2NOS. The van der Waals surface area contributed by atoms with Gasteiger partial charge in [-0.2, -0.15) is 0 Å². The van der Waals surface area contributed by atoms with E-state index in [1.165, 1.54) is 23.5 Å². The van der Waals surface area contributed by atoms with E-state index in [9.17, 15) is 13.9 Å². The Labute approximate surface area is 118 Å². The van der Waals surface area contributed by atoms with Gasteiger partial charge in [-0.15, -0.1) is 11.3 Å². The van der Waals surface area contributed by atoms with E-state index in [0.29, 0.717) is 11.1 Å². The first-order chi connectivity index (χ1) is 9.61. The van der Waals surface area contributed by atoms with Gasteiger partial charge in [0.15, 0.2) is 0 Å². The molecule has 2 aromatic heterocycles. The van der Waals surface area contributed by atoms with Crippen LogP contribution in [0.25, 0.3) is 10.2 Å². The summed E-state index contributed by atoms with van der Waals surface area (Å²) >= 11 is 1.54. The van der Waals surface area contributed by atoms with Crippen molar-refractivity contribution >= 4 is 21.6 Å². The largest absolute Gasteiger partial charge is 0.388 e. The van der Waals surface area contributed by atoms with E-state index in [0.717, 1.165) is 16.3 Å². The summed E-state index contributed by atoms with van der Waals surface area (Å²) in [5.41, 5.74) is 1.94. The van der Waals surface area contributed by atoms with Crippen molar-refractivity contribution in [2.45, 2.75) is 12.5 Å². The molecule has 0 saturated carbocycles. The van der Waals surface area contributed by atoms with Gasteiger partial charge in [-0.1, -0.05) is 0 Å². The summed E-state index contributed by atoms with van der Waals surface area (Å²) in [5, 5.41) is 12.1. The Morgan fingerprint density at radius 1 is 1.15 bits per heavy atom. The number of rotatable bonds is 3. The van der Waals surface area contributed by atoms with Crippen molar-refractivity contribution in [3.05, 3.63) is 64.7 Å². The van der Waals surface area contributed by atoms with Crippen molar-refractivity contribution in [1.82, 2.24) is 4.98 Å². The van der Waals surface area contributed by atoms with Crippen molar-refractivity contribution in [2.24, 2.45) is 0 Å². The highest BCUT2D eigenvalue weighted by Gasteiger charge is 2.12. The predicted octanol–water partition coefficient (Wildman–Crippen LogP) is 3.85. The highest BCUT2D eigenvalue weighted by molar-refractivity contribution is 7.17. The average molecular weight is 291 g/mol. The summed E-state index contributed by atoms with van der Waals surface area (Å²) in [6.45, 7) is 0. The SMILES string of the molecule is OC(Cc1cc(F)cc(F)c1)c1cnc2ccsc2c1. The lowest BCUT2D eigenvalue weighted by Gasteiger charge is -2.11. The molecule has 3 aromatic rings. The fourth-order valence-corrected chi connectivity index (χ4v) is 2.90. The molecule has 0 amide bonds. The van der Waals surface area contributed by atoms with Gasteiger partial charge in [-0.05, 0) is 35.2 Å². The van der Waals surface area contributed by atoms with Crippen molar-refractivity contribution in [3.8, 4) is 0 Å². The van der Waals surface area contributed by atoms with Crippen LogP contribution in [-0.2, 0) is 6.42 Å². The number of nitrogens with zero attached hydrogens (tertiary/aromatic N) is 1. The van der Waals surface area contributed by atoms with Crippen LogP contribution < -0.4 is 0 Å². The molecule has 5 heteroatoms. The molecule has 102 valence electrons. The third kappa shape index (κ3) is 2.69. The van der Waals surface area contributed by atoms with Gasteiger partial charge in [0.05, 0.1) is 16.3 Å². The molecule has 0 spiro atoms. The number of aliphatic hydroxyl groups is 1. The highest BCUT2D eigenvalue weighted by Crippen LogP contribution is 2.25. The number of fused-ring (bicyclic) bond motifs is 1. The molecule has 0 aliphatic carbocycles. The number of aliphatic hydroxyl groups excluding tert-OH is 1.